The van der Waals surface area contributed by atoms with Gasteiger partial charge in [0.1, 0.15) is 0 Å². The molecule has 4 aromatic rings. The summed E-state index contributed by atoms with van der Waals surface area (Å²) in [6.45, 7) is 0. The van der Waals surface area contributed by atoms with E-state index < -0.39 is 0 Å². The molecule has 4 rings (SSSR count). The highest BCUT2D eigenvalue weighted by Gasteiger charge is 2.04. The van der Waals surface area contributed by atoms with Crippen LogP contribution in [0.25, 0.3) is 33.6 Å². The van der Waals surface area contributed by atoms with Gasteiger partial charge in [0, 0.05) is 30.7 Å². The van der Waals surface area contributed by atoms with Gasteiger partial charge in [0.2, 0.25) is 0 Å². The second-order valence-corrected chi connectivity index (χ2v) is 8.37. The maximum absolute atomic E-state index is 4.60. The van der Waals surface area contributed by atoms with Crippen LogP contribution in [0.2, 0.25) is 0 Å². The van der Waals surface area contributed by atoms with Gasteiger partial charge in [0.25, 0.3) is 0 Å². The van der Waals surface area contributed by atoms with Crippen LogP contribution in [0.3, 0.4) is 0 Å². The Labute approximate surface area is 180 Å². The highest BCUT2D eigenvalue weighted by molar-refractivity contribution is 14.1. The molecule has 0 saturated heterocycles. The van der Waals surface area contributed by atoms with E-state index in [1.54, 1.807) is 0 Å². The molecule has 2 nitrogen and oxygen atoms in total. The average molecular weight is 560 g/mol. The molecule has 0 bridgehead atoms. The summed E-state index contributed by atoms with van der Waals surface area (Å²) in [6, 6.07) is 25.1. The number of hydrogen-bond acceptors (Lipinski definition) is 2. The first kappa shape index (κ1) is 17.6. The molecule has 0 N–H and O–H groups in total. The maximum atomic E-state index is 4.60. The van der Waals surface area contributed by atoms with Gasteiger partial charge < -0.3 is 0 Å². The number of rotatable bonds is 3. The first-order valence-corrected chi connectivity index (χ1v) is 10.3. The van der Waals surface area contributed by atoms with E-state index in [2.05, 4.69) is 116 Å². The van der Waals surface area contributed by atoms with Crippen molar-refractivity contribution in [3.8, 4) is 33.6 Å². The van der Waals surface area contributed by atoms with E-state index in [1.807, 2.05) is 24.5 Å². The zero-order valence-corrected chi connectivity index (χ0v) is 18.0. The largest absolute Gasteiger partial charge is 0.254 e. The highest BCUT2D eigenvalue weighted by atomic mass is 127. The quantitative estimate of drug-likeness (QED) is 0.261. The number of aromatic nitrogens is 2. The van der Waals surface area contributed by atoms with Crippen molar-refractivity contribution >= 4 is 45.2 Å². The summed E-state index contributed by atoms with van der Waals surface area (Å²) in [5.74, 6) is 0. The van der Waals surface area contributed by atoms with E-state index in [0.29, 0.717) is 0 Å². The van der Waals surface area contributed by atoms with Gasteiger partial charge in [-0.1, -0.05) is 36.4 Å². The van der Waals surface area contributed by atoms with E-state index in [1.165, 1.54) is 18.3 Å². The third-order valence-electron chi connectivity index (χ3n) is 4.14. The van der Waals surface area contributed by atoms with Crippen LogP contribution >= 0.6 is 45.2 Å². The van der Waals surface area contributed by atoms with Crippen molar-refractivity contribution in [2.45, 2.75) is 0 Å². The Hall–Kier alpha value is -1.80. The minimum atomic E-state index is 0.883. The van der Waals surface area contributed by atoms with Crippen LogP contribution in [0, 0.1) is 7.14 Å². The van der Waals surface area contributed by atoms with Gasteiger partial charge in [0.15, 0.2) is 0 Å². The lowest BCUT2D eigenvalue weighted by molar-refractivity contribution is 1.25. The lowest BCUT2D eigenvalue weighted by Crippen LogP contribution is -1.89. The number of nitrogens with zero attached hydrogens (tertiary/aromatic N) is 2. The summed E-state index contributed by atoms with van der Waals surface area (Å²) in [6.07, 6.45) is 3.82. The minimum absolute atomic E-state index is 0.883. The lowest BCUT2D eigenvalue weighted by atomic mass is 10.1. The zero-order chi connectivity index (χ0) is 17.9. The van der Waals surface area contributed by atoms with Crippen molar-refractivity contribution in [3.63, 3.8) is 0 Å². The van der Waals surface area contributed by atoms with Crippen LogP contribution < -0.4 is 0 Å². The Morgan fingerprint density at radius 1 is 0.423 bits per heavy atom. The normalized spacial score (nSPS) is 10.7. The fourth-order valence-electron chi connectivity index (χ4n) is 2.72. The predicted octanol–water partition coefficient (Wildman–Crippen LogP) is 6.69. The number of pyridine rings is 2. The van der Waals surface area contributed by atoms with Crippen molar-refractivity contribution in [3.05, 3.63) is 92.3 Å². The molecule has 0 radical (unpaired) electrons. The zero-order valence-electron chi connectivity index (χ0n) is 13.7. The van der Waals surface area contributed by atoms with Gasteiger partial charge in [-0.2, -0.15) is 0 Å². The molecule has 2 aromatic carbocycles. The fourth-order valence-corrected chi connectivity index (χ4v) is 3.44. The van der Waals surface area contributed by atoms with Gasteiger partial charge in [-0.15, -0.1) is 0 Å². The van der Waals surface area contributed by atoms with E-state index in [-0.39, 0.29) is 0 Å². The van der Waals surface area contributed by atoms with Crippen molar-refractivity contribution in [2.75, 3.05) is 0 Å². The molecule has 0 spiro atoms. The molecular weight excluding hydrogens is 546 g/mol. The molecule has 0 amide bonds. The molecule has 2 aromatic heterocycles. The number of benzene rings is 2. The highest BCUT2D eigenvalue weighted by Crippen LogP contribution is 2.25. The van der Waals surface area contributed by atoms with E-state index in [4.69, 9.17) is 0 Å². The van der Waals surface area contributed by atoms with Crippen LogP contribution in [0.1, 0.15) is 0 Å². The average Bonchev–Trinajstić information content (AvgIpc) is 2.70. The summed E-state index contributed by atoms with van der Waals surface area (Å²) in [5, 5.41) is 0. The molecule has 2 heterocycles. The third-order valence-corrected chi connectivity index (χ3v) is 5.58. The van der Waals surface area contributed by atoms with Crippen LogP contribution in [-0.4, -0.2) is 9.97 Å². The van der Waals surface area contributed by atoms with Crippen molar-refractivity contribution in [2.24, 2.45) is 0 Å². The Bertz CT molecular complexity index is 921. The molecule has 0 aliphatic heterocycles. The topological polar surface area (TPSA) is 25.8 Å². The second-order valence-electron chi connectivity index (χ2n) is 5.88. The fraction of sp³-hybridized carbons (Fsp3) is 0. The molecule has 0 fully saturated rings. The SMILES string of the molecule is Ic1ccc(-c2ccc(-c3ccc(-c4ccc(I)cc4)cn3)nc2)cc1. The number of hydrogen-bond donors (Lipinski definition) is 0. The standard InChI is InChI=1S/C22H14I2N2/c23-19-7-1-15(2-8-19)17-5-11-21(25-13-17)22-12-6-18(14-26-22)16-3-9-20(24)10-4-16/h1-14H. The molecule has 0 unspecified atom stereocenters. The number of halogens is 2. The Kier molecular flexibility index (Phi) is 5.31. The minimum Gasteiger partial charge on any atom is -0.254 e. The van der Waals surface area contributed by atoms with Gasteiger partial charge in [-0.3, -0.25) is 9.97 Å². The van der Waals surface area contributed by atoms with Crippen molar-refractivity contribution < 1.29 is 0 Å². The summed E-state index contributed by atoms with van der Waals surface area (Å²) in [4.78, 5) is 9.19. The molecule has 0 aliphatic carbocycles. The summed E-state index contributed by atoms with van der Waals surface area (Å²) in [7, 11) is 0. The molecule has 0 saturated carbocycles. The summed E-state index contributed by atoms with van der Waals surface area (Å²) >= 11 is 4.63. The maximum Gasteiger partial charge on any atom is 0.0886 e. The van der Waals surface area contributed by atoms with E-state index in [9.17, 15) is 0 Å². The monoisotopic (exact) mass is 560 g/mol. The van der Waals surface area contributed by atoms with Gasteiger partial charge in [-0.05, 0) is 92.7 Å². The molecule has 0 atom stereocenters. The van der Waals surface area contributed by atoms with Gasteiger partial charge >= 0.3 is 0 Å². The third kappa shape index (κ3) is 3.96. The van der Waals surface area contributed by atoms with E-state index >= 15 is 0 Å². The van der Waals surface area contributed by atoms with Crippen molar-refractivity contribution in [1.29, 1.82) is 0 Å². The first-order valence-electron chi connectivity index (χ1n) is 8.13. The Balaban J connectivity index is 1.57. The molecule has 0 aliphatic rings. The van der Waals surface area contributed by atoms with Crippen LogP contribution in [-0.2, 0) is 0 Å². The van der Waals surface area contributed by atoms with Crippen LogP contribution in [0.4, 0.5) is 0 Å². The van der Waals surface area contributed by atoms with Crippen molar-refractivity contribution in [1.82, 2.24) is 9.97 Å². The smallest absolute Gasteiger partial charge is 0.0886 e. The first-order chi connectivity index (χ1) is 12.7. The van der Waals surface area contributed by atoms with Gasteiger partial charge in [-0.25, -0.2) is 0 Å². The van der Waals surface area contributed by atoms with Gasteiger partial charge in [0.05, 0.1) is 11.4 Å². The Morgan fingerprint density at radius 3 is 1.08 bits per heavy atom. The van der Waals surface area contributed by atoms with E-state index in [0.717, 1.165) is 22.5 Å². The predicted molar refractivity (Wildman–Crippen MR) is 124 cm³/mol. The molecular formula is C22H14I2N2. The van der Waals surface area contributed by atoms with Crippen LogP contribution in [0.5, 0.6) is 0 Å². The molecule has 126 valence electrons. The summed E-state index contributed by atoms with van der Waals surface area (Å²) < 4.78 is 2.46. The molecule has 26 heavy (non-hydrogen) atoms. The second kappa shape index (κ2) is 7.84. The lowest BCUT2D eigenvalue weighted by Gasteiger charge is -2.06. The summed E-state index contributed by atoms with van der Waals surface area (Å²) in [5.41, 5.74) is 6.33. The van der Waals surface area contributed by atoms with Crippen LogP contribution in [0.15, 0.2) is 85.2 Å². The Morgan fingerprint density at radius 2 is 0.769 bits per heavy atom. The molecule has 4 heteroatoms.